The lowest BCUT2D eigenvalue weighted by Gasteiger charge is -2.13. The molecule has 2 N–H and O–H groups in total. The van der Waals surface area contributed by atoms with Gasteiger partial charge >= 0.3 is 0 Å². The number of amides is 1. The van der Waals surface area contributed by atoms with Crippen LogP contribution >= 0.6 is 0 Å². The van der Waals surface area contributed by atoms with Crippen molar-refractivity contribution in [2.45, 2.75) is 46.1 Å². The van der Waals surface area contributed by atoms with Gasteiger partial charge in [0.1, 0.15) is 5.82 Å². The van der Waals surface area contributed by atoms with Gasteiger partial charge in [-0.25, -0.2) is 4.39 Å². The summed E-state index contributed by atoms with van der Waals surface area (Å²) < 4.78 is 18.7. The minimum atomic E-state index is -0.379. The third kappa shape index (κ3) is 5.94. The Kier molecular flexibility index (Phi) is 6.64. The van der Waals surface area contributed by atoms with Gasteiger partial charge in [-0.2, -0.15) is 4.98 Å². The van der Waals surface area contributed by atoms with Crippen LogP contribution < -0.4 is 5.32 Å². The zero-order chi connectivity index (χ0) is 18.4. The number of rotatable bonds is 8. The summed E-state index contributed by atoms with van der Waals surface area (Å²) in [6.45, 7) is 5.90. The summed E-state index contributed by atoms with van der Waals surface area (Å²) in [6.07, 6.45) is 0.805. The summed E-state index contributed by atoms with van der Waals surface area (Å²) in [5, 5.41) is 16.0. The van der Waals surface area contributed by atoms with Gasteiger partial charge in [0.25, 0.3) is 0 Å². The van der Waals surface area contributed by atoms with E-state index in [-0.39, 0.29) is 30.2 Å². The van der Waals surface area contributed by atoms with Crippen LogP contribution in [0, 0.1) is 18.7 Å². The number of carbonyl (C=O) groups excluding carboxylic acids is 1. The van der Waals surface area contributed by atoms with Crippen molar-refractivity contribution in [3.63, 3.8) is 0 Å². The van der Waals surface area contributed by atoms with E-state index in [1.807, 2.05) is 6.92 Å². The molecule has 2 atom stereocenters. The third-order valence-electron chi connectivity index (χ3n) is 3.86. The second kappa shape index (κ2) is 8.71. The number of benzene rings is 1. The molecule has 0 radical (unpaired) electrons. The monoisotopic (exact) mass is 349 g/mol. The molecule has 1 aromatic heterocycles. The maximum absolute atomic E-state index is 13.6. The number of halogens is 1. The number of nitrogens with one attached hydrogen (secondary N) is 1. The zero-order valence-electron chi connectivity index (χ0n) is 14.8. The van der Waals surface area contributed by atoms with Crippen molar-refractivity contribution in [1.82, 2.24) is 15.5 Å². The number of hydrogen-bond acceptors (Lipinski definition) is 5. The van der Waals surface area contributed by atoms with Crippen molar-refractivity contribution >= 4 is 5.91 Å². The first-order valence-corrected chi connectivity index (χ1v) is 8.39. The average molecular weight is 349 g/mol. The van der Waals surface area contributed by atoms with Gasteiger partial charge in [-0.1, -0.05) is 24.2 Å². The lowest BCUT2D eigenvalue weighted by Crippen LogP contribution is -2.29. The lowest BCUT2D eigenvalue weighted by atomic mass is 10.0. The summed E-state index contributed by atoms with van der Waals surface area (Å²) in [4.78, 5) is 16.1. The molecule has 1 aromatic carbocycles. The predicted molar refractivity (Wildman–Crippen MR) is 91.2 cm³/mol. The number of nitrogens with zero attached hydrogens (tertiary/aromatic N) is 2. The number of hydrogen-bond donors (Lipinski definition) is 2. The fourth-order valence-electron chi connectivity index (χ4n) is 2.47. The number of aliphatic hydroxyl groups excluding tert-OH is 1. The van der Waals surface area contributed by atoms with Crippen LogP contribution in [0.5, 0.6) is 0 Å². The molecule has 0 aliphatic rings. The van der Waals surface area contributed by atoms with E-state index >= 15 is 0 Å². The van der Waals surface area contributed by atoms with Crippen LogP contribution in [-0.4, -0.2) is 33.8 Å². The van der Waals surface area contributed by atoms with Crippen molar-refractivity contribution in [1.29, 1.82) is 0 Å². The van der Waals surface area contributed by atoms with Gasteiger partial charge in [0.2, 0.25) is 17.6 Å². The van der Waals surface area contributed by atoms with Crippen LogP contribution in [0.1, 0.15) is 38.1 Å². The molecule has 2 rings (SSSR count). The molecule has 6 nitrogen and oxygen atoms in total. The third-order valence-corrected chi connectivity index (χ3v) is 3.86. The summed E-state index contributed by atoms with van der Waals surface area (Å²) in [5.74, 6) is 0.409. The molecule has 0 aliphatic carbocycles. The minimum absolute atomic E-state index is 0.112. The maximum Gasteiger partial charge on any atom is 0.227 e. The Labute approximate surface area is 146 Å². The highest BCUT2D eigenvalue weighted by Crippen LogP contribution is 2.19. The van der Waals surface area contributed by atoms with Gasteiger partial charge < -0.3 is 14.9 Å². The van der Waals surface area contributed by atoms with Crippen molar-refractivity contribution < 1.29 is 18.8 Å². The van der Waals surface area contributed by atoms with E-state index in [0.717, 1.165) is 0 Å². The highest BCUT2D eigenvalue weighted by molar-refractivity contribution is 5.76. The second-order valence-corrected chi connectivity index (χ2v) is 6.47. The summed E-state index contributed by atoms with van der Waals surface area (Å²) in [6, 6.07) is 4.74. The van der Waals surface area contributed by atoms with Crippen molar-refractivity contribution in [3.05, 3.63) is 35.5 Å². The van der Waals surface area contributed by atoms with Crippen molar-refractivity contribution in [3.8, 4) is 11.4 Å². The number of aromatic nitrogens is 2. The van der Waals surface area contributed by atoms with Crippen LogP contribution in [0.25, 0.3) is 11.4 Å². The molecule has 0 fully saturated rings. The predicted octanol–water partition coefficient (Wildman–Crippen LogP) is 2.64. The SMILES string of the molecule is Cc1ccc(-c2noc(CCC(=O)NCC(C)CC(C)O)n2)cc1F. The van der Waals surface area contributed by atoms with Gasteiger partial charge in [0.15, 0.2) is 0 Å². The summed E-state index contributed by atoms with van der Waals surface area (Å²) >= 11 is 0. The molecular weight excluding hydrogens is 325 g/mol. The highest BCUT2D eigenvalue weighted by atomic mass is 19.1. The van der Waals surface area contributed by atoms with Crippen LogP contribution in [-0.2, 0) is 11.2 Å². The van der Waals surface area contributed by atoms with Crippen LogP contribution in [0.4, 0.5) is 4.39 Å². The fourth-order valence-corrected chi connectivity index (χ4v) is 2.47. The topological polar surface area (TPSA) is 88.2 Å². The fraction of sp³-hybridized carbons (Fsp3) is 0.500. The molecule has 1 heterocycles. The van der Waals surface area contributed by atoms with E-state index in [1.54, 1.807) is 26.0 Å². The Morgan fingerprint density at radius 2 is 2.16 bits per heavy atom. The Hall–Kier alpha value is -2.28. The largest absolute Gasteiger partial charge is 0.393 e. The van der Waals surface area contributed by atoms with Gasteiger partial charge in [0, 0.05) is 24.9 Å². The van der Waals surface area contributed by atoms with Gasteiger partial charge in [-0.05, 0) is 37.8 Å². The van der Waals surface area contributed by atoms with Gasteiger partial charge in [0.05, 0.1) is 6.10 Å². The van der Waals surface area contributed by atoms with E-state index in [4.69, 9.17) is 4.52 Å². The number of aryl methyl sites for hydroxylation is 2. The normalized spacial score (nSPS) is 13.5. The van der Waals surface area contributed by atoms with E-state index < -0.39 is 0 Å². The summed E-state index contributed by atoms with van der Waals surface area (Å²) in [7, 11) is 0. The quantitative estimate of drug-likeness (QED) is 0.765. The Bertz CT molecular complexity index is 715. The molecule has 0 saturated heterocycles. The average Bonchev–Trinajstić information content (AvgIpc) is 3.02. The molecule has 0 saturated carbocycles. The Morgan fingerprint density at radius 1 is 1.40 bits per heavy atom. The Balaban J connectivity index is 1.83. The molecular formula is C18H24FN3O3. The van der Waals surface area contributed by atoms with E-state index in [2.05, 4.69) is 15.5 Å². The summed E-state index contributed by atoms with van der Waals surface area (Å²) in [5.41, 5.74) is 1.09. The van der Waals surface area contributed by atoms with Crippen molar-refractivity contribution in [2.75, 3.05) is 6.54 Å². The zero-order valence-corrected chi connectivity index (χ0v) is 14.8. The van der Waals surface area contributed by atoms with E-state index in [9.17, 15) is 14.3 Å². The first kappa shape index (κ1) is 19.1. The van der Waals surface area contributed by atoms with Gasteiger partial charge in [-0.15, -0.1) is 0 Å². The molecule has 136 valence electrons. The second-order valence-electron chi connectivity index (χ2n) is 6.47. The number of aliphatic hydroxyl groups is 1. The molecule has 1 amide bonds. The number of carbonyl (C=O) groups is 1. The van der Waals surface area contributed by atoms with E-state index in [1.165, 1.54) is 6.07 Å². The molecule has 2 aromatic rings. The highest BCUT2D eigenvalue weighted by Gasteiger charge is 2.13. The smallest absolute Gasteiger partial charge is 0.227 e. The maximum atomic E-state index is 13.6. The lowest BCUT2D eigenvalue weighted by molar-refractivity contribution is -0.121. The molecule has 0 aliphatic heterocycles. The van der Waals surface area contributed by atoms with Crippen molar-refractivity contribution in [2.24, 2.45) is 5.92 Å². The van der Waals surface area contributed by atoms with E-state index in [0.29, 0.717) is 42.2 Å². The molecule has 25 heavy (non-hydrogen) atoms. The molecule has 7 heteroatoms. The van der Waals surface area contributed by atoms with Crippen LogP contribution in [0.3, 0.4) is 0 Å². The Morgan fingerprint density at radius 3 is 2.84 bits per heavy atom. The van der Waals surface area contributed by atoms with Crippen LogP contribution in [0.2, 0.25) is 0 Å². The minimum Gasteiger partial charge on any atom is -0.393 e. The van der Waals surface area contributed by atoms with Gasteiger partial charge in [-0.3, -0.25) is 4.79 Å². The first-order chi connectivity index (χ1) is 11.8. The molecule has 0 bridgehead atoms. The molecule has 0 spiro atoms. The van der Waals surface area contributed by atoms with Crippen LogP contribution in [0.15, 0.2) is 22.7 Å². The standard InChI is InChI=1S/C18H24FN3O3/c1-11(8-13(3)23)10-20-16(24)6-7-17-21-18(22-25-17)14-5-4-12(2)15(19)9-14/h4-5,9,11,13,23H,6-8,10H2,1-3H3,(H,20,24). The first-order valence-electron chi connectivity index (χ1n) is 8.39. The molecule has 2 unspecified atom stereocenters.